The molecular formula is C8H11NO3. The maximum absolute atomic E-state index is 8.57. The predicted octanol–water partition coefficient (Wildman–Crippen LogP) is 0.776. The lowest BCUT2D eigenvalue weighted by molar-refractivity contribution is -0.199. The summed E-state index contributed by atoms with van der Waals surface area (Å²) >= 11 is 0. The number of hydrogen-bond acceptors (Lipinski definition) is 4. The topological polar surface area (TPSA) is 51.5 Å². The molecule has 0 unspecified atom stereocenters. The van der Waals surface area contributed by atoms with Crippen molar-refractivity contribution in [2.75, 3.05) is 0 Å². The fourth-order valence-electron chi connectivity index (χ4n) is 1.59. The van der Waals surface area contributed by atoms with Crippen LogP contribution in [0.25, 0.3) is 0 Å². The van der Waals surface area contributed by atoms with Crippen LogP contribution in [-0.4, -0.2) is 24.3 Å². The molecule has 4 nitrogen and oxygen atoms in total. The molecule has 2 fully saturated rings. The molecule has 3 atom stereocenters. The summed E-state index contributed by atoms with van der Waals surface area (Å²) in [5.74, 6) is -0.560. The summed E-state index contributed by atoms with van der Waals surface area (Å²) in [4.78, 5) is 0. The zero-order valence-electron chi connectivity index (χ0n) is 7.11. The summed E-state index contributed by atoms with van der Waals surface area (Å²) in [7, 11) is 0. The van der Waals surface area contributed by atoms with Crippen LogP contribution in [-0.2, 0) is 14.2 Å². The Morgan fingerprint density at radius 3 is 2.75 bits per heavy atom. The van der Waals surface area contributed by atoms with Crippen LogP contribution >= 0.6 is 0 Å². The molecule has 0 spiro atoms. The van der Waals surface area contributed by atoms with Gasteiger partial charge in [0.05, 0.1) is 6.07 Å². The van der Waals surface area contributed by atoms with Crippen LogP contribution in [0.15, 0.2) is 0 Å². The molecule has 4 heteroatoms. The van der Waals surface area contributed by atoms with Gasteiger partial charge in [-0.2, -0.15) is 5.26 Å². The fourth-order valence-corrected chi connectivity index (χ4v) is 1.59. The number of ether oxygens (including phenoxy) is 3. The first kappa shape index (κ1) is 7.99. The van der Waals surface area contributed by atoms with Gasteiger partial charge in [-0.15, -0.1) is 0 Å². The molecule has 0 amide bonds. The first-order chi connectivity index (χ1) is 5.61. The smallest absolute Gasteiger partial charge is 0.188 e. The van der Waals surface area contributed by atoms with Crippen molar-refractivity contribution in [3.8, 4) is 6.07 Å². The van der Waals surface area contributed by atoms with Gasteiger partial charge in [-0.05, 0) is 13.8 Å². The Balaban J connectivity index is 2.03. The number of fused-ring (bicyclic) bond motifs is 1. The Morgan fingerprint density at radius 2 is 2.17 bits per heavy atom. The monoisotopic (exact) mass is 169 g/mol. The number of hydrogen-bond donors (Lipinski definition) is 0. The van der Waals surface area contributed by atoms with Crippen molar-refractivity contribution in [2.24, 2.45) is 0 Å². The zero-order valence-corrected chi connectivity index (χ0v) is 7.11. The van der Waals surface area contributed by atoms with E-state index in [1.54, 1.807) is 0 Å². The molecule has 2 rings (SSSR count). The lowest BCUT2D eigenvalue weighted by Crippen LogP contribution is -2.24. The van der Waals surface area contributed by atoms with E-state index in [2.05, 4.69) is 0 Å². The van der Waals surface area contributed by atoms with Crippen LogP contribution in [0.1, 0.15) is 20.3 Å². The lowest BCUT2D eigenvalue weighted by atomic mass is 10.2. The number of nitriles is 1. The van der Waals surface area contributed by atoms with Gasteiger partial charge in [0.25, 0.3) is 0 Å². The first-order valence-corrected chi connectivity index (χ1v) is 4.01. The molecular weight excluding hydrogens is 158 g/mol. The normalized spacial score (nSPS) is 43.9. The highest BCUT2D eigenvalue weighted by Crippen LogP contribution is 2.36. The quantitative estimate of drug-likeness (QED) is 0.537. The van der Waals surface area contributed by atoms with E-state index in [4.69, 9.17) is 19.5 Å². The van der Waals surface area contributed by atoms with Crippen LogP contribution in [0.4, 0.5) is 0 Å². The molecule has 2 heterocycles. The highest BCUT2D eigenvalue weighted by atomic mass is 16.8. The maximum Gasteiger partial charge on any atom is 0.188 e. The van der Waals surface area contributed by atoms with E-state index < -0.39 is 5.79 Å². The Hall–Kier alpha value is -0.630. The third-order valence-corrected chi connectivity index (χ3v) is 2.03. The van der Waals surface area contributed by atoms with Crippen molar-refractivity contribution in [3.05, 3.63) is 0 Å². The Bertz CT molecular complexity index is 217. The van der Waals surface area contributed by atoms with Crippen molar-refractivity contribution in [2.45, 2.75) is 44.6 Å². The number of nitrogens with zero attached hydrogens (tertiary/aromatic N) is 1. The van der Waals surface area contributed by atoms with Gasteiger partial charge in [0, 0.05) is 6.42 Å². The standard InChI is InChI=1S/C8H11NO3/c1-8(2)11-6-3-5(4-9)10-7(6)12-8/h5-7H,3H2,1-2H3/t5-,6-,7-/m1/s1. The van der Waals surface area contributed by atoms with Gasteiger partial charge in [-0.25, -0.2) is 0 Å². The molecule has 66 valence electrons. The van der Waals surface area contributed by atoms with Crippen LogP contribution in [0.2, 0.25) is 0 Å². The van der Waals surface area contributed by atoms with Gasteiger partial charge in [0.2, 0.25) is 0 Å². The summed E-state index contributed by atoms with van der Waals surface area (Å²) in [6, 6.07) is 2.04. The summed E-state index contributed by atoms with van der Waals surface area (Å²) in [5.41, 5.74) is 0. The molecule has 0 N–H and O–H groups in total. The van der Waals surface area contributed by atoms with Gasteiger partial charge < -0.3 is 14.2 Å². The molecule has 0 aromatic rings. The molecule has 0 radical (unpaired) electrons. The van der Waals surface area contributed by atoms with Crippen LogP contribution < -0.4 is 0 Å². The molecule has 0 bridgehead atoms. The molecule has 0 aromatic carbocycles. The van der Waals surface area contributed by atoms with Gasteiger partial charge in [0.1, 0.15) is 12.2 Å². The molecule has 0 saturated carbocycles. The second-order valence-corrected chi connectivity index (χ2v) is 3.53. The van der Waals surface area contributed by atoms with Crippen LogP contribution in [0.5, 0.6) is 0 Å². The molecule has 12 heavy (non-hydrogen) atoms. The highest BCUT2D eigenvalue weighted by Gasteiger charge is 2.48. The predicted molar refractivity (Wildman–Crippen MR) is 38.9 cm³/mol. The van der Waals surface area contributed by atoms with Crippen molar-refractivity contribution in [1.29, 1.82) is 5.26 Å². The van der Waals surface area contributed by atoms with Gasteiger partial charge in [0.15, 0.2) is 12.1 Å². The largest absolute Gasteiger partial charge is 0.342 e. The minimum Gasteiger partial charge on any atom is -0.342 e. The molecule has 2 saturated heterocycles. The minimum atomic E-state index is -0.560. The minimum absolute atomic E-state index is 0.0651. The second kappa shape index (κ2) is 2.43. The summed E-state index contributed by atoms with van der Waals surface area (Å²) in [5, 5.41) is 8.57. The Kier molecular flexibility index (Phi) is 1.62. The van der Waals surface area contributed by atoms with E-state index in [1.165, 1.54) is 0 Å². The SMILES string of the molecule is CC1(C)O[C@H]2O[C@@H](C#N)C[C@H]2O1. The molecule has 0 aliphatic carbocycles. The molecule has 2 aliphatic heterocycles. The van der Waals surface area contributed by atoms with Gasteiger partial charge in [-0.3, -0.25) is 0 Å². The molecule has 2 aliphatic rings. The van der Waals surface area contributed by atoms with E-state index >= 15 is 0 Å². The number of rotatable bonds is 0. The van der Waals surface area contributed by atoms with Crippen molar-refractivity contribution < 1.29 is 14.2 Å². The van der Waals surface area contributed by atoms with Crippen molar-refractivity contribution in [3.63, 3.8) is 0 Å². The molecule has 0 aromatic heterocycles. The average molecular weight is 169 g/mol. The third-order valence-electron chi connectivity index (χ3n) is 2.03. The van der Waals surface area contributed by atoms with Gasteiger partial charge in [-0.1, -0.05) is 0 Å². The average Bonchev–Trinajstić information content (AvgIpc) is 2.40. The van der Waals surface area contributed by atoms with Crippen LogP contribution in [0.3, 0.4) is 0 Å². The first-order valence-electron chi connectivity index (χ1n) is 4.01. The second-order valence-electron chi connectivity index (χ2n) is 3.53. The highest BCUT2D eigenvalue weighted by molar-refractivity contribution is 4.95. The summed E-state index contributed by atoms with van der Waals surface area (Å²) in [6.07, 6.45) is -0.157. The van der Waals surface area contributed by atoms with E-state index in [0.717, 1.165) is 0 Å². The van der Waals surface area contributed by atoms with E-state index in [0.29, 0.717) is 6.42 Å². The van der Waals surface area contributed by atoms with Crippen molar-refractivity contribution >= 4 is 0 Å². The van der Waals surface area contributed by atoms with Crippen molar-refractivity contribution in [1.82, 2.24) is 0 Å². The Labute approximate surface area is 71.0 Å². The lowest BCUT2D eigenvalue weighted by Gasteiger charge is -2.18. The fraction of sp³-hybridized carbons (Fsp3) is 0.875. The summed E-state index contributed by atoms with van der Waals surface area (Å²) < 4.78 is 16.2. The van der Waals surface area contributed by atoms with E-state index in [9.17, 15) is 0 Å². The van der Waals surface area contributed by atoms with E-state index in [-0.39, 0.29) is 18.5 Å². The zero-order chi connectivity index (χ0) is 8.77. The van der Waals surface area contributed by atoms with Crippen LogP contribution in [0, 0.1) is 11.3 Å². The third kappa shape index (κ3) is 1.20. The maximum atomic E-state index is 8.57. The van der Waals surface area contributed by atoms with Gasteiger partial charge >= 0.3 is 0 Å². The van der Waals surface area contributed by atoms with E-state index in [1.807, 2.05) is 19.9 Å². The Morgan fingerprint density at radius 1 is 1.42 bits per heavy atom. The summed E-state index contributed by atoms with van der Waals surface area (Å²) in [6.45, 7) is 3.69.